The first kappa shape index (κ1) is 11.4. The van der Waals surface area contributed by atoms with Gasteiger partial charge in [-0.15, -0.1) is 0 Å². The third kappa shape index (κ3) is 2.42. The molecule has 0 saturated heterocycles. The van der Waals surface area contributed by atoms with Crippen LogP contribution in [0.1, 0.15) is 36.3 Å². The molecular weight excluding hydrogens is 220 g/mol. The van der Waals surface area contributed by atoms with E-state index < -0.39 is 0 Å². The fourth-order valence-corrected chi connectivity index (χ4v) is 2.77. The summed E-state index contributed by atoms with van der Waals surface area (Å²) in [5.41, 5.74) is 2.77. The minimum Gasteiger partial charge on any atom is -0.265 e. The quantitative estimate of drug-likeness (QED) is 0.813. The number of hydrogen-bond donors (Lipinski definition) is 0. The van der Waals surface area contributed by atoms with Crippen LogP contribution in [0.4, 0.5) is 0 Å². The molecule has 0 aliphatic heterocycles. The van der Waals surface area contributed by atoms with Gasteiger partial charge in [-0.1, -0.05) is 12.5 Å². The molecule has 1 atom stereocenters. The molecule has 1 aliphatic carbocycles. The van der Waals surface area contributed by atoms with Crippen LogP contribution in [-0.2, 0) is 6.42 Å². The summed E-state index contributed by atoms with van der Waals surface area (Å²) in [6.45, 7) is 0. The minimum atomic E-state index is 0.620. The van der Waals surface area contributed by atoms with Gasteiger partial charge in [-0.05, 0) is 60.4 Å². The fourth-order valence-electron chi connectivity index (χ4n) is 2.77. The molecule has 1 fully saturated rings. The van der Waals surface area contributed by atoms with Crippen LogP contribution < -0.4 is 0 Å². The third-order valence-electron chi connectivity index (χ3n) is 4.04. The van der Waals surface area contributed by atoms with E-state index in [2.05, 4.69) is 28.2 Å². The van der Waals surface area contributed by atoms with Crippen molar-refractivity contribution in [1.82, 2.24) is 9.97 Å². The zero-order chi connectivity index (χ0) is 12.2. The molecule has 92 valence electrons. The highest BCUT2D eigenvalue weighted by molar-refractivity contribution is 5.22. The normalized spacial score (nSPS) is 17.1. The van der Waals surface area contributed by atoms with E-state index in [0.29, 0.717) is 5.92 Å². The van der Waals surface area contributed by atoms with Gasteiger partial charge in [-0.25, -0.2) is 0 Å². The van der Waals surface area contributed by atoms with Crippen LogP contribution >= 0.6 is 0 Å². The lowest BCUT2D eigenvalue weighted by Gasteiger charge is -2.34. The average Bonchev–Trinajstić information content (AvgIpc) is 2.38. The van der Waals surface area contributed by atoms with Crippen molar-refractivity contribution in [2.45, 2.75) is 31.6 Å². The van der Waals surface area contributed by atoms with Gasteiger partial charge in [0.15, 0.2) is 0 Å². The van der Waals surface area contributed by atoms with E-state index in [9.17, 15) is 0 Å². The maximum absolute atomic E-state index is 4.28. The molecule has 1 aliphatic rings. The second-order valence-electron chi connectivity index (χ2n) is 5.14. The Bertz CT molecular complexity index is 477. The second kappa shape index (κ2) is 5.30. The molecule has 0 bridgehead atoms. The highest BCUT2D eigenvalue weighted by Crippen LogP contribution is 2.40. The third-order valence-corrected chi connectivity index (χ3v) is 4.04. The lowest BCUT2D eigenvalue weighted by Crippen LogP contribution is -2.22. The van der Waals surface area contributed by atoms with E-state index in [1.54, 1.807) is 0 Å². The van der Waals surface area contributed by atoms with Gasteiger partial charge in [0.2, 0.25) is 0 Å². The molecule has 0 N–H and O–H groups in total. The Balaban J connectivity index is 1.82. The minimum absolute atomic E-state index is 0.620. The summed E-state index contributed by atoms with van der Waals surface area (Å²) in [5, 5.41) is 0. The van der Waals surface area contributed by atoms with Gasteiger partial charge in [0.1, 0.15) is 0 Å². The predicted octanol–water partition coefficient (Wildman–Crippen LogP) is 3.60. The summed E-state index contributed by atoms with van der Waals surface area (Å²) >= 11 is 0. The van der Waals surface area contributed by atoms with Crippen LogP contribution in [0, 0.1) is 5.92 Å². The molecule has 0 amide bonds. The van der Waals surface area contributed by atoms with Gasteiger partial charge in [-0.2, -0.15) is 0 Å². The van der Waals surface area contributed by atoms with E-state index >= 15 is 0 Å². The number of rotatable bonds is 4. The molecule has 3 rings (SSSR count). The van der Waals surface area contributed by atoms with Gasteiger partial charge in [0.25, 0.3) is 0 Å². The Morgan fingerprint density at radius 2 is 1.89 bits per heavy atom. The van der Waals surface area contributed by atoms with Gasteiger partial charge in [0.05, 0.1) is 0 Å². The first-order chi connectivity index (χ1) is 8.93. The highest BCUT2D eigenvalue weighted by Gasteiger charge is 2.28. The number of nitrogens with zero attached hydrogens (tertiary/aromatic N) is 2. The first-order valence-electron chi connectivity index (χ1n) is 6.72. The highest BCUT2D eigenvalue weighted by atomic mass is 14.6. The van der Waals surface area contributed by atoms with E-state index in [1.807, 2.05) is 30.9 Å². The van der Waals surface area contributed by atoms with Gasteiger partial charge < -0.3 is 0 Å². The second-order valence-corrected chi connectivity index (χ2v) is 5.14. The number of pyridine rings is 2. The molecule has 2 aromatic heterocycles. The lowest BCUT2D eigenvalue weighted by atomic mass is 9.71. The first-order valence-corrected chi connectivity index (χ1v) is 6.72. The molecule has 2 heterocycles. The summed E-state index contributed by atoms with van der Waals surface area (Å²) in [5.74, 6) is 1.46. The molecule has 2 nitrogen and oxygen atoms in total. The van der Waals surface area contributed by atoms with Crippen LogP contribution in [0.5, 0.6) is 0 Å². The van der Waals surface area contributed by atoms with Crippen molar-refractivity contribution in [3.05, 3.63) is 60.2 Å². The number of aromatic nitrogens is 2. The summed E-state index contributed by atoms with van der Waals surface area (Å²) in [6.07, 6.45) is 12.9. The van der Waals surface area contributed by atoms with Crippen LogP contribution in [0.3, 0.4) is 0 Å². The SMILES string of the molecule is c1cncc(C(Cc2ccncc2)C2CCC2)c1. The largest absolute Gasteiger partial charge is 0.265 e. The molecule has 2 heteroatoms. The summed E-state index contributed by atoms with van der Waals surface area (Å²) in [6, 6.07) is 8.52. The average molecular weight is 238 g/mol. The molecular formula is C16H18N2. The van der Waals surface area contributed by atoms with Crippen LogP contribution in [0.2, 0.25) is 0 Å². The standard InChI is InChI=1S/C16H18N2/c1-3-14(4-1)16(15-5-2-8-18-12-15)11-13-6-9-17-10-7-13/h2,5-10,12,14,16H,1,3-4,11H2. The molecule has 0 radical (unpaired) electrons. The van der Waals surface area contributed by atoms with Crippen molar-refractivity contribution in [2.75, 3.05) is 0 Å². The molecule has 1 saturated carbocycles. The number of hydrogen-bond acceptors (Lipinski definition) is 2. The van der Waals surface area contributed by atoms with Gasteiger partial charge >= 0.3 is 0 Å². The lowest BCUT2D eigenvalue weighted by molar-refractivity contribution is 0.259. The molecule has 1 unspecified atom stereocenters. The molecule has 0 aromatic carbocycles. The van der Waals surface area contributed by atoms with Crippen molar-refractivity contribution in [2.24, 2.45) is 5.92 Å². The Morgan fingerprint density at radius 3 is 2.50 bits per heavy atom. The zero-order valence-corrected chi connectivity index (χ0v) is 10.5. The van der Waals surface area contributed by atoms with E-state index in [4.69, 9.17) is 0 Å². The van der Waals surface area contributed by atoms with Crippen molar-refractivity contribution >= 4 is 0 Å². The molecule has 2 aromatic rings. The fraction of sp³-hybridized carbons (Fsp3) is 0.375. The Kier molecular flexibility index (Phi) is 3.35. The zero-order valence-electron chi connectivity index (χ0n) is 10.5. The molecule has 0 spiro atoms. The predicted molar refractivity (Wildman–Crippen MR) is 72.3 cm³/mol. The summed E-state index contributed by atoms with van der Waals surface area (Å²) in [4.78, 5) is 8.37. The summed E-state index contributed by atoms with van der Waals surface area (Å²) in [7, 11) is 0. The Morgan fingerprint density at radius 1 is 1.06 bits per heavy atom. The Labute approximate surface area is 108 Å². The smallest absolute Gasteiger partial charge is 0.0302 e. The maximum atomic E-state index is 4.28. The molecule has 18 heavy (non-hydrogen) atoms. The van der Waals surface area contributed by atoms with Crippen LogP contribution in [-0.4, -0.2) is 9.97 Å². The van der Waals surface area contributed by atoms with Crippen molar-refractivity contribution < 1.29 is 0 Å². The van der Waals surface area contributed by atoms with Crippen molar-refractivity contribution in [3.63, 3.8) is 0 Å². The van der Waals surface area contributed by atoms with Crippen LogP contribution in [0.15, 0.2) is 49.1 Å². The van der Waals surface area contributed by atoms with E-state index in [-0.39, 0.29) is 0 Å². The van der Waals surface area contributed by atoms with E-state index in [1.165, 1.54) is 30.4 Å². The van der Waals surface area contributed by atoms with Gasteiger partial charge in [-0.3, -0.25) is 9.97 Å². The maximum Gasteiger partial charge on any atom is 0.0302 e. The van der Waals surface area contributed by atoms with Crippen molar-refractivity contribution in [3.8, 4) is 0 Å². The topological polar surface area (TPSA) is 25.8 Å². The van der Waals surface area contributed by atoms with Crippen LogP contribution in [0.25, 0.3) is 0 Å². The Hall–Kier alpha value is -1.70. The van der Waals surface area contributed by atoms with Gasteiger partial charge in [0, 0.05) is 24.8 Å². The monoisotopic (exact) mass is 238 g/mol. The van der Waals surface area contributed by atoms with E-state index in [0.717, 1.165) is 12.3 Å². The van der Waals surface area contributed by atoms with Crippen molar-refractivity contribution in [1.29, 1.82) is 0 Å². The summed E-state index contributed by atoms with van der Waals surface area (Å²) < 4.78 is 0.